The van der Waals surface area contributed by atoms with E-state index in [0.717, 1.165) is 10.4 Å². The quantitative estimate of drug-likeness (QED) is 0.919. The number of halogens is 2. The van der Waals surface area contributed by atoms with Crippen LogP contribution in [-0.4, -0.2) is 26.8 Å². The van der Waals surface area contributed by atoms with Crippen LogP contribution in [0.2, 0.25) is 0 Å². The van der Waals surface area contributed by atoms with Crippen molar-refractivity contribution in [3.8, 4) is 0 Å². The predicted octanol–water partition coefficient (Wildman–Crippen LogP) is 2.83. The van der Waals surface area contributed by atoms with Crippen molar-refractivity contribution in [1.82, 2.24) is 4.31 Å². The van der Waals surface area contributed by atoms with Crippen molar-refractivity contribution < 1.29 is 17.2 Å². The summed E-state index contributed by atoms with van der Waals surface area (Å²) in [5.41, 5.74) is 0.978. The van der Waals surface area contributed by atoms with E-state index in [1.807, 2.05) is 0 Å². The third-order valence-corrected chi connectivity index (χ3v) is 4.85. The zero-order valence-corrected chi connectivity index (χ0v) is 13.0. The monoisotopic (exact) mass is 326 g/mol. The van der Waals surface area contributed by atoms with Gasteiger partial charge in [-0.05, 0) is 29.8 Å². The first-order valence-corrected chi connectivity index (χ1v) is 7.94. The highest BCUT2D eigenvalue weighted by Crippen LogP contribution is 2.17. The van der Waals surface area contributed by atoms with Crippen LogP contribution in [0, 0.1) is 11.6 Å². The predicted molar refractivity (Wildman–Crippen MR) is 81.0 cm³/mol. The molecule has 1 N–H and O–H groups in total. The maximum Gasteiger partial charge on any atom is 0.242 e. The van der Waals surface area contributed by atoms with Gasteiger partial charge in [-0.3, -0.25) is 0 Å². The van der Waals surface area contributed by atoms with Crippen molar-refractivity contribution in [2.24, 2.45) is 0 Å². The maximum absolute atomic E-state index is 13.1. The van der Waals surface area contributed by atoms with Crippen molar-refractivity contribution >= 4 is 15.7 Å². The van der Waals surface area contributed by atoms with E-state index in [0.29, 0.717) is 11.3 Å². The Kier molecular flexibility index (Phi) is 4.77. The summed E-state index contributed by atoms with van der Waals surface area (Å²) in [6, 6.07) is 9.51. The highest BCUT2D eigenvalue weighted by atomic mass is 32.2. The third-order valence-electron chi connectivity index (χ3n) is 3.04. The Balaban J connectivity index is 2.18. The van der Waals surface area contributed by atoms with Gasteiger partial charge in [-0.1, -0.05) is 12.1 Å². The summed E-state index contributed by atoms with van der Waals surface area (Å²) >= 11 is 0. The Morgan fingerprint density at radius 1 is 1.05 bits per heavy atom. The molecule has 0 aromatic heterocycles. The smallest absolute Gasteiger partial charge is 0.242 e. The van der Waals surface area contributed by atoms with E-state index in [-0.39, 0.29) is 11.4 Å². The first kappa shape index (κ1) is 16.4. The standard InChI is InChI=1S/C15H16F2N2O2S/c1-19(2)22(20,21)15-5-3-4-11(6-15)10-18-14-8-12(16)7-13(17)9-14/h3-9,18H,10H2,1-2H3. The first-order valence-electron chi connectivity index (χ1n) is 6.50. The molecule has 0 saturated carbocycles. The summed E-state index contributed by atoms with van der Waals surface area (Å²) in [5.74, 6) is -1.35. The number of rotatable bonds is 5. The lowest BCUT2D eigenvalue weighted by Crippen LogP contribution is -2.22. The average molecular weight is 326 g/mol. The fourth-order valence-corrected chi connectivity index (χ4v) is 2.86. The minimum absolute atomic E-state index is 0.169. The molecule has 4 nitrogen and oxygen atoms in total. The fourth-order valence-electron chi connectivity index (χ4n) is 1.89. The molecule has 22 heavy (non-hydrogen) atoms. The molecule has 0 fully saturated rings. The number of sulfonamides is 1. The number of anilines is 1. The fraction of sp³-hybridized carbons (Fsp3) is 0.200. The second-order valence-electron chi connectivity index (χ2n) is 4.95. The Bertz CT molecular complexity index is 757. The summed E-state index contributed by atoms with van der Waals surface area (Å²) in [5, 5.41) is 2.86. The van der Waals surface area contributed by atoms with Crippen LogP contribution in [0.3, 0.4) is 0 Å². The summed E-state index contributed by atoms with van der Waals surface area (Å²) in [6.45, 7) is 0.250. The third kappa shape index (κ3) is 3.80. The van der Waals surface area contributed by atoms with Crippen molar-refractivity contribution in [1.29, 1.82) is 0 Å². The molecule has 0 aliphatic heterocycles. The van der Waals surface area contributed by atoms with E-state index in [2.05, 4.69) is 5.32 Å². The number of nitrogens with zero attached hydrogens (tertiary/aromatic N) is 1. The molecule has 0 radical (unpaired) electrons. The van der Waals surface area contributed by atoms with E-state index in [1.165, 1.54) is 38.4 Å². The molecule has 0 bridgehead atoms. The van der Waals surface area contributed by atoms with Gasteiger partial charge in [0.2, 0.25) is 10.0 Å². The minimum Gasteiger partial charge on any atom is -0.381 e. The first-order chi connectivity index (χ1) is 10.3. The molecule has 7 heteroatoms. The van der Waals surface area contributed by atoms with E-state index in [1.54, 1.807) is 12.1 Å². The van der Waals surface area contributed by atoms with Crippen molar-refractivity contribution in [3.63, 3.8) is 0 Å². The van der Waals surface area contributed by atoms with Gasteiger partial charge in [0, 0.05) is 32.4 Å². The van der Waals surface area contributed by atoms with Crippen LogP contribution in [0.5, 0.6) is 0 Å². The Hall–Kier alpha value is -1.99. The van der Waals surface area contributed by atoms with Gasteiger partial charge in [-0.25, -0.2) is 21.5 Å². The van der Waals surface area contributed by atoms with E-state index in [9.17, 15) is 17.2 Å². The molecular formula is C15H16F2N2O2S. The molecule has 0 atom stereocenters. The van der Waals surface area contributed by atoms with Crippen LogP contribution < -0.4 is 5.32 Å². The van der Waals surface area contributed by atoms with Gasteiger partial charge < -0.3 is 5.32 Å². The molecule has 118 valence electrons. The molecule has 0 unspecified atom stereocenters. The van der Waals surface area contributed by atoms with Gasteiger partial charge in [-0.15, -0.1) is 0 Å². The number of hydrogen-bond acceptors (Lipinski definition) is 3. The lowest BCUT2D eigenvalue weighted by molar-refractivity contribution is 0.520. The minimum atomic E-state index is -3.51. The number of hydrogen-bond donors (Lipinski definition) is 1. The van der Waals surface area contributed by atoms with Crippen molar-refractivity contribution in [2.45, 2.75) is 11.4 Å². The van der Waals surface area contributed by atoms with Crippen LogP contribution in [-0.2, 0) is 16.6 Å². The molecule has 0 spiro atoms. The molecule has 0 aliphatic carbocycles. The normalized spacial score (nSPS) is 11.7. The molecule has 0 saturated heterocycles. The van der Waals surface area contributed by atoms with Crippen molar-refractivity contribution in [2.75, 3.05) is 19.4 Å². The molecule has 2 rings (SSSR count). The lowest BCUT2D eigenvalue weighted by Gasteiger charge is -2.13. The highest BCUT2D eigenvalue weighted by molar-refractivity contribution is 7.89. The van der Waals surface area contributed by atoms with E-state index in [4.69, 9.17) is 0 Å². The molecule has 0 amide bonds. The Labute approximate surface area is 128 Å². The Morgan fingerprint density at radius 2 is 1.68 bits per heavy atom. The molecule has 0 heterocycles. The molecule has 0 aliphatic rings. The van der Waals surface area contributed by atoms with Gasteiger partial charge in [0.25, 0.3) is 0 Å². The maximum atomic E-state index is 13.1. The van der Waals surface area contributed by atoms with E-state index >= 15 is 0 Å². The summed E-state index contributed by atoms with van der Waals surface area (Å²) in [6.07, 6.45) is 0. The summed E-state index contributed by atoms with van der Waals surface area (Å²) in [7, 11) is -0.602. The highest BCUT2D eigenvalue weighted by Gasteiger charge is 2.17. The largest absolute Gasteiger partial charge is 0.381 e. The van der Waals surface area contributed by atoms with Gasteiger partial charge in [-0.2, -0.15) is 0 Å². The number of nitrogens with one attached hydrogen (secondary N) is 1. The SMILES string of the molecule is CN(C)S(=O)(=O)c1cccc(CNc2cc(F)cc(F)c2)c1. The Morgan fingerprint density at radius 3 is 2.27 bits per heavy atom. The van der Waals surface area contributed by atoms with Crippen molar-refractivity contribution in [3.05, 3.63) is 59.7 Å². The second-order valence-corrected chi connectivity index (χ2v) is 7.10. The van der Waals surface area contributed by atoms with Gasteiger partial charge in [0.15, 0.2) is 0 Å². The zero-order valence-electron chi connectivity index (χ0n) is 12.2. The lowest BCUT2D eigenvalue weighted by atomic mass is 10.2. The zero-order chi connectivity index (χ0) is 16.3. The second kappa shape index (κ2) is 6.41. The van der Waals surface area contributed by atoms with Crippen LogP contribution in [0.4, 0.5) is 14.5 Å². The van der Waals surface area contributed by atoms with Crippen LogP contribution in [0.25, 0.3) is 0 Å². The van der Waals surface area contributed by atoms with Gasteiger partial charge in [0.1, 0.15) is 11.6 Å². The van der Waals surface area contributed by atoms with Crippen LogP contribution in [0.1, 0.15) is 5.56 Å². The summed E-state index contributed by atoms with van der Waals surface area (Å²) < 4.78 is 51.4. The summed E-state index contributed by atoms with van der Waals surface area (Å²) in [4.78, 5) is 0.169. The van der Waals surface area contributed by atoms with Gasteiger partial charge >= 0.3 is 0 Å². The topological polar surface area (TPSA) is 49.4 Å². The van der Waals surface area contributed by atoms with E-state index < -0.39 is 21.7 Å². The molecular weight excluding hydrogens is 310 g/mol. The van der Waals surface area contributed by atoms with Gasteiger partial charge in [0.05, 0.1) is 4.90 Å². The average Bonchev–Trinajstić information content (AvgIpc) is 2.44. The van der Waals surface area contributed by atoms with Crippen LogP contribution >= 0.6 is 0 Å². The molecule has 2 aromatic carbocycles. The number of benzene rings is 2. The van der Waals surface area contributed by atoms with Crippen LogP contribution in [0.15, 0.2) is 47.4 Å². The molecule has 2 aromatic rings.